The molecule has 0 bridgehead atoms. The second-order valence-electron chi connectivity index (χ2n) is 4.13. The molecule has 0 spiro atoms. The largest absolute Gasteiger partial charge is 0.497 e. The third-order valence-corrected chi connectivity index (χ3v) is 2.71. The molecule has 0 radical (unpaired) electrons. The van der Waals surface area contributed by atoms with Gasteiger partial charge in [0, 0.05) is 18.8 Å². The Morgan fingerprint density at radius 2 is 2.05 bits per heavy atom. The third-order valence-electron chi connectivity index (χ3n) is 2.71. The Hall–Kier alpha value is -2.43. The van der Waals surface area contributed by atoms with Crippen molar-refractivity contribution in [3.05, 3.63) is 47.8 Å². The Kier molecular flexibility index (Phi) is 3.75. The quantitative estimate of drug-likeness (QED) is 0.607. The van der Waals surface area contributed by atoms with Crippen LogP contribution in [-0.2, 0) is 7.05 Å². The van der Waals surface area contributed by atoms with Crippen LogP contribution < -0.4 is 4.74 Å². The summed E-state index contributed by atoms with van der Waals surface area (Å²) in [5, 5.41) is 3.98. The first-order valence-corrected chi connectivity index (χ1v) is 5.80. The third kappa shape index (κ3) is 3.07. The molecule has 0 aliphatic carbocycles. The van der Waals surface area contributed by atoms with E-state index in [1.54, 1.807) is 43.6 Å². The highest BCUT2D eigenvalue weighted by Gasteiger charge is 2.16. The van der Waals surface area contributed by atoms with Crippen LogP contribution in [0.2, 0.25) is 0 Å². The van der Waals surface area contributed by atoms with Crippen LogP contribution in [0.25, 0.3) is 0 Å². The van der Waals surface area contributed by atoms with E-state index in [9.17, 15) is 9.59 Å². The maximum atomic E-state index is 12.0. The van der Waals surface area contributed by atoms with Gasteiger partial charge in [0.25, 0.3) is 0 Å². The molecule has 5 nitrogen and oxygen atoms in total. The fraction of sp³-hybridized carbons (Fsp3) is 0.214. The molecule has 0 saturated carbocycles. The van der Waals surface area contributed by atoms with E-state index in [1.807, 2.05) is 0 Å². The number of rotatable bonds is 5. The number of carbonyl (C=O) groups excluding carboxylic acids is 2. The Labute approximate surface area is 110 Å². The van der Waals surface area contributed by atoms with Gasteiger partial charge in [-0.2, -0.15) is 5.10 Å². The molecular weight excluding hydrogens is 244 g/mol. The van der Waals surface area contributed by atoms with Crippen LogP contribution in [-0.4, -0.2) is 28.5 Å². The molecule has 1 heterocycles. The summed E-state index contributed by atoms with van der Waals surface area (Å²) in [6.07, 6.45) is 1.48. The molecule has 19 heavy (non-hydrogen) atoms. The summed E-state index contributed by atoms with van der Waals surface area (Å²) in [5.74, 6) is 0.0686. The highest BCUT2D eigenvalue weighted by molar-refractivity contribution is 6.12. The lowest BCUT2D eigenvalue weighted by Gasteiger charge is -2.02. The minimum atomic E-state index is -0.284. The number of hydrogen-bond donors (Lipinski definition) is 0. The van der Waals surface area contributed by atoms with Crippen molar-refractivity contribution in [2.75, 3.05) is 7.11 Å². The number of hydrogen-bond acceptors (Lipinski definition) is 4. The summed E-state index contributed by atoms with van der Waals surface area (Å²) in [6, 6.07) is 8.35. The number of methoxy groups -OCH3 is 1. The van der Waals surface area contributed by atoms with Gasteiger partial charge < -0.3 is 4.74 Å². The molecule has 1 aromatic carbocycles. The van der Waals surface area contributed by atoms with E-state index in [4.69, 9.17) is 4.74 Å². The van der Waals surface area contributed by atoms with E-state index in [0.717, 1.165) is 0 Å². The number of carbonyl (C=O) groups is 2. The molecule has 0 atom stereocenters. The van der Waals surface area contributed by atoms with Crippen molar-refractivity contribution in [1.82, 2.24) is 9.78 Å². The van der Waals surface area contributed by atoms with Crippen molar-refractivity contribution in [3.63, 3.8) is 0 Å². The molecule has 98 valence electrons. The molecule has 1 aromatic heterocycles. The Morgan fingerprint density at radius 1 is 1.26 bits per heavy atom. The highest BCUT2D eigenvalue weighted by Crippen LogP contribution is 2.15. The lowest BCUT2D eigenvalue weighted by molar-refractivity contribution is 0.0891. The van der Waals surface area contributed by atoms with Gasteiger partial charge in [-0.3, -0.25) is 14.3 Å². The summed E-state index contributed by atoms with van der Waals surface area (Å²) in [7, 11) is 3.25. The van der Waals surface area contributed by atoms with Gasteiger partial charge in [0.2, 0.25) is 0 Å². The molecule has 0 unspecified atom stereocenters. The molecule has 0 fully saturated rings. The van der Waals surface area contributed by atoms with Crippen molar-refractivity contribution in [2.24, 2.45) is 7.05 Å². The van der Waals surface area contributed by atoms with Gasteiger partial charge in [0.15, 0.2) is 11.6 Å². The smallest absolute Gasteiger partial charge is 0.190 e. The minimum Gasteiger partial charge on any atom is -0.497 e. The number of aromatic nitrogens is 2. The SMILES string of the molecule is COc1cccc(C(=O)CC(=O)c2ccn(C)n2)c1. The van der Waals surface area contributed by atoms with Crippen LogP contribution in [0.5, 0.6) is 5.75 Å². The molecule has 2 aromatic rings. The molecule has 0 amide bonds. The Morgan fingerprint density at radius 3 is 2.68 bits per heavy atom. The molecule has 0 saturated heterocycles. The van der Waals surface area contributed by atoms with Gasteiger partial charge in [-0.25, -0.2) is 0 Å². The zero-order chi connectivity index (χ0) is 13.8. The molecule has 0 aliphatic rings. The molecule has 0 aliphatic heterocycles. The van der Waals surface area contributed by atoms with E-state index in [1.165, 1.54) is 11.8 Å². The van der Waals surface area contributed by atoms with Crippen molar-refractivity contribution in [3.8, 4) is 5.75 Å². The van der Waals surface area contributed by atoms with E-state index in [-0.39, 0.29) is 18.0 Å². The van der Waals surface area contributed by atoms with E-state index < -0.39 is 0 Å². The van der Waals surface area contributed by atoms with Crippen LogP contribution in [0.15, 0.2) is 36.5 Å². The summed E-state index contributed by atoms with van der Waals surface area (Å²) < 4.78 is 6.58. The first-order chi connectivity index (χ1) is 9.10. The first kappa shape index (κ1) is 13.0. The lowest BCUT2D eigenvalue weighted by Crippen LogP contribution is -2.09. The van der Waals surface area contributed by atoms with Crippen LogP contribution in [0, 0.1) is 0 Å². The Bertz CT molecular complexity index is 617. The van der Waals surface area contributed by atoms with Gasteiger partial charge in [-0.05, 0) is 18.2 Å². The topological polar surface area (TPSA) is 61.2 Å². The first-order valence-electron chi connectivity index (χ1n) is 5.80. The number of ketones is 2. The van der Waals surface area contributed by atoms with E-state index in [0.29, 0.717) is 17.0 Å². The van der Waals surface area contributed by atoms with Crippen LogP contribution >= 0.6 is 0 Å². The summed E-state index contributed by atoms with van der Waals surface area (Å²) >= 11 is 0. The average molecular weight is 258 g/mol. The molecule has 2 rings (SSSR count). The maximum Gasteiger partial charge on any atom is 0.190 e. The number of Topliss-reactive ketones (excluding diaryl/α,β-unsaturated/α-hetero) is 2. The fourth-order valence-corrected chi connectivity index (χ4v) is 1.70. The second-order valence-corrected chi connectivity index (χ2v) is 4.13. The molecule has 5 heteroatoms. The van der Waals surface area contributed by atoms with Crippen LogP contribution in [0.3, 0.4) is 0 Å². The zero-order valence-electron chi connectivity index (χ0n) is 10.8. The van der Waals surface area contributed by atoms with Gasteiger partial charge >= 0.3 is 0 Å². The number of aryl methyl sites for hydroxylation is 1. The van der Waals surface area contributed by atoms with Crippen LogP contribution in [0.4, 0.5) is 0 Å². The normalized spacial score (nSPS) is 10.2. The lowest BCUT2D eigenvalue weighted by atomic mass is 10.0. The van der Waals surface area contributed by atoms with Gasteiger partial charge in [-0.1, -0.05) is 12.1 Å². The Balaban J connectivity index is 2.10. The second kappa shape index (κ2) is 5.48. The van der Waals surface area contributed by atoms with Gasteiger partial charge in [0.1, 0.15) is 11.4 Å². The van der Waals surface area contributed by atoms with Crippen molar-refractivity contribution < 1.29 is 14.3 Å². The van der Waals surface area contributed by atoms with Crippen molar-refractivity contribution >= 4 is 11.6 Å². The number of ether oxygens (including phenoxy) is 1. The molecule has 0 N–H and O–H groups in total. The average Bonchev–Trinajstić information content (AvgIpc) is 2.85. The summed E-state index contributed by atoms with van der Waals surface area (Å²) in [5.41, 5.74) is 0.766. The zero-order valence-corrected chi connectivity index (χ0v) is 10.8. The fourth-order valence-electron chi connectivity index (χ4n) is 1.70. The maximum absolute atomic E-state index is 12.0. The standard InChI is InChI=1S/C14H14N2O3/c1-16-7-6-12(15-16)14(18)9-13(17)10-4-3-5-11(8-10)19-2/h3-8H,9H2,1-2H3. The number of nitrogens with zero attached hydrogens (tertiary/aromatic N) is 2. The monoisotopic (exact) mass is 258 g/mol. The molecular formula is C14H14N2O3. The van der Waals surface area contributed by atoms with Crippen molar-refractivity contribution in [1.29, 1.82) is 0 Å². The minimum absolute atomic E-state index is 0.190. The number of benzene rings is 1. The van der Waals surface area contributed by atoms with Crippen molar-refractivity contribution in [2.45, 2.75) is 6.42 Å². The highest BCUT2D eigenvalue weighted by atomic mass is 16.5. The van der Waals surface area contributed by atoms with E-state index in [2.05, 4.69) is 5.10 Å². The summed E-state index contributed by atoms with van der Waals surface area (Å²) in [4.78, 5) is 23.9. The van der Waals surface area contributed by atoms with Crippen LogP contribution in [0.1, 0.15) is 27.3 Å². The predicted octanol–water partition coefficient (Wildman–Crippen LogP) is 1.88. The van der Waals surface area contributed by atoms with E-state index >= 15 is 0 Å². The predicted molar refractivity (Wildman–Crippen MR) is 69.5 cm³/mol. The van der Waals surface area contributed by atoms with Gasteiger partial charge in [0.05, 0.1) is 13.5 Å². The summed E-state index contributed by atoms with van der Waals surface area (Å²) in [6.45, 7) is 0. The van der Waals surface area contributed by atoms with Gasteiger partial charge in [-0.15, -0.1) is 0 Å².